The van der Waals surface area contributed by atoms with Gasteiger partial charge in [-0.3, -0.25) is 0 Å². The lowest BCUT2D eigenvalue weighted by Crippen LogP contribution is -2.02. The van der Waals surface area contributed by atoms with Crippen molar-refractivity contribution in [2.75, 3.05) is 0 Å². The standard InChI is InChI=1S/C20H17P/c1-16(17-8-4-2-5-9-17)18-12-14-20(15-13-18)21-19-10-6-3-7-11-19/h2-15,21H,1H2. The monoisotopic (exact) mass is 288 g/mol. The fraction of sp³-hybridized carbons (Fsp3) is 0. The van der Waals surface area contributed by atoms with Gasteiger partial charge in [-0.25, -0.2) is 0 Å². The third-order valence-electron chi connectivity index (χ3n) is 3.42. The van der Waals surface area contributed by atoms with E-state index in [2.05, 4.69) is 73.3 Å². The van der Waals surface area contributed by atoms with Gasteiger partial charge in [-0.1, -0.05) is 100 Å². The molecule has 1 unspecified atom stereocenters. The molecule has 0 saturated heterocycles. The average Bonchev–Trinajstić information content (AvgIpc) is 2.57. The van der Waals surface area contributed by atoms with E-state index in [4.69, 9.17) is 0 Å². The molecule has 0 spiro atoms. The number of hydrogen-bond acceptors (Lipinski definition) is 0. The lowest BCUT2D eigenvalue weighted by molar-refractivity contribution is 1.57. The third kappa shape index (κ3) is 3.48. The van der Waals surface area contributed by atoms with Crippen LogP contribution in [0.25, 0.3) is 5.57 Å². The molecule has 0 radical (unpaired) electrons. The molecule has 0 bridgehead atoms. The van der Waals surface area contributed by atoms with E-state index in [1.807, 2.05) is 18.2 Å². The summed E-state index contributed by atoms with van der Waals surface area (Å²) in [6, 6.07) is 29.7. The van der Waals surface area contributed by atoms with Crippen molar-refractivity contribution >= 4 is 24.8 Å². The summed E-state index contributed by atoms with van der Waals surface area (Å²) in [5.74, 6) is 0. The van der Waals surface area contributed by atoms with E-state index in [0.29, 0.717) is 8.58 Å². The van der Waals surface area contributed by atoms with Crippen LogP contribution in [0.4, 0.5) is 0 Å². The van der Waals surface area contributed by atoms with Gasteiger partial charge in [0, 0.05) is 0 Å². The molecule has 3 rings (SSSR count). The molecule has 0 fully saturated rings. The van der Waals surface area contributed by atoms with E-state index in [0.717, 1.165) is 5.57 Å². The minimum Gasteiger partial charge on any atom is -0.0906 e. The van der Waals surface area contributed by atoms with Gasteiger partial charge in [-0.05, 0) is 27.3 Å². The van der Waals surface area contributed by atoms with E-state index >= 15 is 0 Å². The summed E-state index contributed by atoms with van der Waals surface area (Å²) in [5, 5.41) is 2.72. The maximum atomic E-state index is 4.21. The maximum Gasteiger partial charge on any atom is -0.0183 e. The molecule has 0 nitrogen and oxygen atoms in total. The minimum atomic E-state index is 0.703. The quantitative estimate of drug-likeness (QED) is 0.625. The fourth-order valence-corrected chi connectivity index (χ4v) is 3.27. The lowest BCUT2D eigenvalue weighted by Gasteiger charge is -2.08. The molecule has 0 aliphatic heterocycles. The fourth-order valence-electron chi connectivity index (χ4n) is 2.25. The van der Waals surface area contributed by atoms with Gasteiger partial charge in [0.1, 0.15) is 0 Å². The summed E-state index contributed by atoms with van der Waals surface area (Å²) in [7, 11) is 0.703. The van der Waals surface area contributed by atoms with Crippen LogP contribution < -0.4 is 10.6 Å². The number of hydrogen-bond donors (Lipinski definition) is 0. The summed E-state index contributed by atoms with van der Waals surface area (Å²) in [6.07, 6.45) is 0. The van der Waals surface area contributed by atoms with Crippen molar-refractivity contribution in [3.63, 3.8) is 0 Å². The van der Waals surface area contributed by atoms with Gasteiger partial charge in [-0.15, -0.1) is 0 Å². The molecule has 1 atom stereocenters. The summed E-state index contributed by atoms with van der Waals surface area (Å²) < 4.78 is 0. The molecule has 0 N–H and O–H groups in total. The second kappa shape index (κ2) is 6.52. The summed E-state index contributed by atoms with van der Waals surface area (Å²) in [4.78, 5) is 0. The molecule has 21 heavy (non-hydrogen) atoms. The molecule has 1 heteroatoms. The number of benzene rings is 3. The zero-order valence-corrected chi connectivity index (χ0v) is 12.8. The molecule has 3 aromatic rings. The predicted octanol–water partition coefficient (Wildman–Crippen LogP) is 4.38. The first-order valence-corrected chi connectivity index (χ1v) is 8.00. The summed E-state index contributed by atoms with van der Waals surface area (Å²) in [5.41, 5.74) is 3.43. The second-order valence-corrected chi connectivity index (χ2v) is 6.32. The maximum absolute atomic E-state index is 4.21. The van der Waals surface area contributed by atoms with E-state index in [1.54, 1.807) is 0 Å². The van der Waals surface area contributed by atoms with Crippen molar-refractivity contribution in [3.05, 3.63) is 103 Å². The van der Waals surface area contributed by atoms with Crippen molar-refractivity contribution in [1.82, 2.24) is 0 Å². The highest BCUT2D eigenvalue weighted by Gasteiger charge is 2.02. The molecule has 0 amide bonds. The van der Waals surface area contributed by atoms with Crippen LogP contribution in [0.5, 0.6) is 0 Å². The molecule has 0 heterocycles. The SMILES string of the molecule is C=C(c1ccccc1)c1ccc(Pc2ccccc2)cc1. The summed E-state index contributed by atoms with van der Waals surface area (Å²) >= 11 is 0. The predicted molar refractivity (Wildman–Crippen MR) is 95.0 cm³/mol. The van der Waals surface area contributed by atoms with Gasteiger partial charge in [0.25, 0.3) is 0 Å². The van der Waals surface area contributed by atoms with Crippen LogP contribution in [-0.2, 0) is 0 Å². The Morgan fingerprint density at radius 2 is 1.05 bits per heavy atom. The van der Waals surface area contributed by atoms with Crippen LogP contribution in [0.15, 0.2) is 91.5 Å². The Labute approximate surface area is 128 Å². The van der Waals surface area contributed by atoms with Crippen LogP contribution in [0.2, 0.25) is 0 Å². The van der Waals surface area contributed by atoms with Crippen LogP contribution in [0, 0.1) is 0 Å². The first-order valence-electron chi connectivity index (χ1n) is 7.00. The Morgan fingerprint density at radius 1 is 0.571 bits per heavy atom. The van der Waals surface area contributed by atoms with E-state index in [9.17, 15) is 0 Å². The highest BCUT2D eigenvalue weighted by atomic mass is 31.1. The zero-order chi connectivity index (χ0) is 14.5. The first-order chi connectivity index (χ1) is 10.3. The van der Waals surface area contributed by atoms with Crippen LogP contribution in [-0.4, -0.2) is 0 Å². The highest BCUT2D eigenvalue weighted by molar-refractivity contribution is 7.55. The molecule has 0 saturated carbocycles. The average molecular weight is 288 g/mol. The molecular weight excluding hydrogens is 271 g/mol. The van der Waals surface area contributed by atoms with Crippen molar-refractivity contribution in [2.24, 2.45) is 0 Å². The highest BCUT2D eigenvalue weighted by Crippen LogP contribution is 2.21. The normalized spacial score (nSPS) is 10.9. The topological polar surface area (TPSA) is 0 Å². The van der Waals surface area contributed by atoms with Crippen molar-refractivity contribution in [1.29, 1.82) is 0 Å². The minimum absolute atomic E-state index is 0.703. The summed E-state index contributed by atoms with van der Waals surface area (Å²) in [6.45, 7) is 4.21. The van der Waals surface area contributed by atoms with Crippen LogP contribution >= 0.6 is 8.58 Å². The Kier molecular flexibility index (Phi) is 4.28. The Morgan fingerprint density at radius 3 is 1.67 bits per heavy atom. The van der Waals surface area contributed by atoms with Gasteiger partial charge in [0.05, 0.1) is 0 Å². The smallest absolute Gasteiger partial charge is 0.0183 e. The number of rotatable bonds is 4. The van der Waals surface area contributed by atoms with E-state index in [1.165, 1.54) is 21.7 Å². The molecular formula is C20H17P. The molecule has 3 aromatic carbocycles. The Bertz CT molecular complexity index is 713. The Balaban J connectivity index is 1.77. The molecule has 0 aromatic heterocycles. The van der Waals surface area contributed by atoms with Gasteiger partial charge in [0.15, 0.2) is 0 Å². The third-order valence-corrected chi connectivity index (χ3v) is 4.66. The van der Waals surface area contributed by atoms with Crippen molar-refractivity contribution in [3.8, 4) is 0 Å². The van der Waals surface area contributed by atoms with Crippen LogP contribution in [0.3, 0.4) is 0 Å². The van der Waals surface area contributed by atoms with E-state index < -0.39 is 0 Å². The Hall–Kier alpha value is -2.17. The lowest BCUT2D eigenvalue weighted by atomic mass is 10.00. The van der Waals surface area contributed by atoms with Crippen LogP contribution in [0.1, 0.15) is 11.1 Å². The van der Waals surface area contributed by atoms with Crippen molar-refractivity contribution < 1.29 is 0 Å². The van der Waals surface area contributed by atoms with E-state index in [-0.39, 0.29) is 0 Å². The van der Waals surface area contributed by atoms with Gasteiger partial charge < -0.3 is 0 Å². The van der Waals surface area contributed by atoms with Gasteiger partial charge in [-0.2, -0.15) is 0 Å². The van der Waals surface area contributed by atoms with Gasteiger partial charge in [0.2, 0.25) is 0 Å². The molecule has 0 aliphatic rings. The second-order valence-electron chi connectivity index (χ2n) is 4.91. The van der Waals surface area contributed by atoms with Gasteiger partial charge >= 0.3 is 0 Å². The zero-order valence-electron chi connectivity index (χ0n) is 11.8. The van der Waals surface area contributed by atoms with Crippen molar-refractivity contribution in [2.45, 2.75) is 0 Å². The molecule has 0 aliphatic carbocycles. The largest absolute Gasteiger partial charge is 0.0906 e. The molecule has 102 valence electrons. The first kappa shape index (κ1) is 13.8.